The minimum atomic E-state index is -0.582. The molecule has 6 heteroatoms. The summed E-state index contributed by atoms with van der Waals surface area (Å²) in [6, 6.07) is 9.28. The third-order valence-electron chi connectivity index (χ3n) is 3.58. The molecule has 0 aromatic heterocycles. The second-order valence-corrected chi connectivity index (χ2v) is 5.55. The molecule has 2 aromatic carbocycles. The van der Waals surface area contributed by atoms with Gasteiger partial charge in [0.15, 0.2) is 0 Å². The van der Waals surface area contributed by atoms with Crippen LogP contribution in [0.4, 0.5) is 8.78 Å². The highest BCUT2D eigenvalue weighted by atomic mass is 35.5. The molecule has 120 valence electrons. The van der Waals surface area contributed by atoms with E-state index in [4.69, 9.17) is 16.9 Å². The third-order valence-corrected chi connectivity index (χ3v) is 3.88. The second-order valence-electron chi connectivity index (χ2n) is 5.15. The molecule has 2 unspecified atom stereocenters. The number of nitriles is 1. The minimum absolute atomic E-state index is 0.00313. The molecule has 0 radical (unpaired) electrons. The van der Waals surface area contributed by atoms with Crippen LogP contribution in [-0.4, -0.2) is 11.7 Å². The van der Waals surface area contributed by atoms with Gasteiger partial charge < -0.3 is 10.4 Å². The molecule has 0 saturated carbocycles. The van der Waals surface area contributed by atoms with Crippen LogP contribution in [0.15, 0.2) is 36.4 Å². The Hall–Kier alpha value is -2.00. The summed E-state index contributed by atoms with van der Waals surface area (Å²) in [6.45, 7) is 1.43. The SMILES string of the molecule is CC(NC(CO)c1ccc(Cl)c(F)c1)c1ccc(C#N)cc1F. The Morgan fingerprint density at radius 1 is 1.22 bits per heavy atom. The number of hydrogen-bond acceptors (Lipinski definition) is 3. The summed E-state index contributed by atoms with van der Waals surface area (Å²) in [5.41, 5.74) is 1.10. The van der Waals surface area contributed by atoms with Gasteiger partial charge in [-0.3, -0.25) is 0 Å². The van der Waals surface area contributed by atoms with Crippen LogP contribution in [0.3, 0.4) is 0 Å². The van der Waals surface area contributed by atoms with Crippen LogP contribution in [0.1, 0.15) is 35.7 Å². The zero-order valence-electron chi connectivity index (χ0n) is 12.4. The lowest BCUT2D eigenvalue weighted by Crippen LogP contribution is -2.28. The van der Waals surface area contributed by atoms with Gasteiger partial charge in [-0.25, -0.2) is 8.78 Å². The molecule has 23 heavy (non-hydrogen) atoms. The van der Waals surface area contributed by atoms with Gasteiger partial charge in [-0.05, 0) is 36.8 Å². The van der Waals surface area contributed by atoms with E-state index in [1.54, 1.807) is 13.0 Å². The predicted octanol–water partition coefficient (Wildman–Crippen LogP) is 3.87. The third kappa shape index (κ3) is 4.05. The van der Waals surface area contributed by atoms with Crippen LogP contribution < -0.4 is 5.32 Å². The fourth-order valence-electron chi connectivity index (χ4n) is 2.32. The van der Waals surface area contributed by atoms with Crippen LogP contribution in [0.25, 0.3) is 0 Å². The minimum Gasteiger partial charge on any atom is -0.394 e. The average molecular weight is 337 g/mol. The summed E-state index contributed by atoms with van der Waals surface area (Å²) in [4.78, 5) is 0. The topological polar surface area (TPSA) is 56.0 Å². The zero-order valence-corrected chi connectivity index (χ0v) is 13.1. The van der Waals surface area contributed by atoms with E-state index in [1.165, 1.54) is 24.3 Å². The summed E-state index contributed by atoms with van der Waals surface area (Å²) < 4.78 is 27.6. The molecule has 3 nitrogen and oxygen atoms in total. The standard InChI is InChI=1S/C17H15ClF2N2O/c1-10(13-4-2-11(8-21)6-15(13)19)22-17(9-23)12-3-5-14(18)16(20)7-12/h2-7,10,17,22-23H,9H2,1H3. The Morgan fingerprint density at radius 2 is 1.96 bits per heavy atom. The molecule has 0 bridgehead atoms. The van der Waals surface area contributed by atoms with Crippen molar-refractivity contribution in [3.8, 4) is 6.07 Å². The lowest BCUT2D eigenvalue weighted by Gasteiger charge is -2.23. The Bertz CT molecular complexity index is 746. The molecule has 0 aliphatic heterocycles. The molecule has 0 amide bonds. The molecule has 0 fully saturated rings. The number of nitrogens with zero attached hydrogens (tertiary/aromatic N) is 1. The van der Waals surface area contributed by atoms with Crippen LogP contribution >= 0.6 is 11.6 Å². The maximum atomic E-state index is 14.0. The molecule has 2 N–H and O–H groups in total. The number of benzene rings is 2. The normalized spacial score (nSPS) is 13.4. The van der Waals surface area contributed by atoms with Crippen molar-refractivity contribution in [1.82, 2.24) is 5.32 Å². The van der Waals surface area contributed by atoms with Crippen LogP contribution in [0.2, 0.25) is 5.02 Å². The van der Waals surface area contributed by atoms with Gasteiger partial charge in [-0.15, -0.1) is 0 Å². The maximum Gasteiger partial charge on any atom is 0.142 e. The fraction of sp³-hybridized carbons (Fsp3) is 0.235. The van der Waals surface area contributed by atoms with E-state index in [9.17, 15) is 13.9 Å². The first kappa shape index (κ1) is 17.4. The highest BCUT2D eigenvalue weighted by Gasteiger charge is 2.18. The van der Waals surface area contributed by atoms with Crippen molar-refractivity contribution < 1.29 is 13.9 Å². The van der Waals surface area contributed by atoms with E-state index < -0.39 is 23.7 Å². The van der Waals surface area contributed by atoms with Gasteiger partial charge in [0, 0.05) is 11.6 Å². The second kappa shape index (κ2) is 7.51. The van der Waals surface area contributed by atoms with Crippen LogP contribution in [-0.2, 0) is 0 Å². The number of rotatable bonds is 5. The fourth-order valence-corrected chi connectivity index (χ4v) is 2.44. The molecule has 0 saturated heterocycles. The highest BCUT2D eigenvalue weighted by molar-refractivity contribution is 6.30. The number of nitrogens with one attached hydrogen (secondary N) is 1. The van der Waals surface area contributed by atoms with Crippen molar-refractivity contribution in [2.75, 3.05) is 6.61 Å². The summed E-state index contributed by atoms with van der Waals surface area (Å²) in [6.07, 6.45) is 0. The zero-order chi connectivity index (χ0) is 17.0. The van der Waals surface area contributed by atoms with Gasteiger partial charge in [0.1, 0.15) is 11.6 Å². The van der Waals surface area contributed by atoms with E-state index in [0.29, 0.717) is 11.1 Å². The Morgan fingerprint density at radius 3 is 2.52 bits per heavy atom. The van der Waals surface area contributed by atoms with Crippen molar-refractivity contribution >= 4 is 11.6 Å². The Labute approximate surface area is 138 Å². The molecule has 2 atom stereocenters. The summed E-state index contributed by atoms with van der Waals surface area (Å²) in [7, 11) is 0. The average Bonchev–Trinajstić information content (AvgIpc) is 2.54. The van der Waals surface area contributed by atoms with Gasteiger partial charge in [-0.1, -0.05) is 23.7 Å². The number of aliphatic hydroxyl groups is 1. The first-order chi connectivity index (χ1) is 11.0. The lowest BCUT2D eigenvalue weighted by atomic mass is 10.0. The molecule has 2 aromatic rings. The van der Waals surface area contributed by atoms with Crippen LogP contribution in [0.5, 0.6) is 0 Å². The van der Waals surface area contributed by atoms with Crippen LogP contribution in [0, 0.1) is 23.0 Å². The molecule has 0 spiro atoms. The van der Waals surface area contributed by atoms with Gasteiger partial charge in [0.2, 0.25) is 0 Å². The van der Waals surface area contributed by atoms with E-state index in [2.05, 4.69) is 5.32 Å². The number of hydrogen-bond donors (Lipinski definition) is 2. The van der Waals surface area contributed by atoms with E-state index in [0.717, 1.165) is 6.07 Å². The van der Waals surface area contributed by atoms with Crippen molar-refractivity contribution in [3.05, 3.63) is 69.7 Å². The first-order valence-corrected chi connectivity index (χ1v) is 7.35. The quantitative estimate of drug-likeness (QED) is 0.871. The summed E-state index contributed by atoms with van der Waals surface area (Å²) >= 11 is 5.65. The Kier molecular flexibility index (Phi) is 5.67. The maximum absolute atomic E-state index is 14.0. The van der Waals surface area contributed by atoms with Gasteiger partial charge in [-0.2, -0.15) is 5.26 Å². The van der Waals surface area contributed by atoms with Gasteiger partial charge >= 0.3 is 0 Å². The molecular weight excluding hydrogens is 322 g/mol. The summed E-state index contributed by atoms with van der Waals surface area (Å²) in [5.74, 6) is -1.09. The van der Waals surface area contributed by atoms with Crippen molar-refractivity contribution in [2.45, 2.75) is 19.0 Å². The van der Waals surface area contributed by atoms with E-state index in [-0.39, 0.29) is 17.2 Å². The number of halogens is 3. The largest absolute Gasteiger partial charge is 0.394 e. The molecular formula is C17H15ClF2N2O. The summed E-state index contributed by atoms with van der Waals surface area (Å²) in [5, 5.41) is 21.3. The predicted molar refractivity (Wildman–Crippen MR) is 83.9 cm³/mol. The van der Waals surface area contributed by atoms with Crippen molar-refractivity contribution in [2.24, 2.45) is 0 Å². The monoisotopic (exact) mass is 336 g/mol. The van der Waals surface area contributed by atoms with Crippen molar-refractivity contribution in [1.29, 1.82) is 5.26 Å². The molecule has 0 aliphatic carbocycles. The smallest absolute Gasteiger partial charge is 0.142 e. The molecule has 0 aliphatic rings. The lowest BCUT2D eigenvalue weighted by molar-refractivity contribution is 0.234. The molecule has 2 rings (SSSR count). The van der Waals surface area contributed by atoms with Crippen molar-refractivity contribution in [3.63, 3.8) is 0 Å². The number of aliphatic hydroxyl groups excluding tert-OH is 1. The van der Waals surface area contributed by atoms with Gasteiger partial charge in [0.05, 0.1) is 29.3 Å². The first-order valence-electron chi connectivity index (χ1n) is 6.97. The van der Waals surface area contributed by atoms with Gasteiger partial charge in [0.25, 0.3) is 0 Å². The highest BCUT2D eigenvalue weighted by Crippen LogP contribution is 2.24. The van der Waals surface area contributed by atoms with E-state index >= 15 is 0 Å². The molecule has 0 heterocycles. The van der Waals surface area contributed by atoms with E-state index in [1.807, 2.05) is 6.07 Å². The Balaban J connectivity index is 2.21.